The Morgan fingerprint density at radius 2 is 2.38 bits per heavy atom. The van der Waals surface area contributed by atoms with Crippen molar-refractivity contribution in [2.45, 2.75) is 32.1 Å². The first-order chi connectivity index (χ1) is 6.20. The molecular formula is C9H19NO2S. The summed E-state index contributed by atoms with van der Waals surface area (Å²) >= 11 is 1.91. The second kappa shape index (κ2) is 5.86. The van der Waals surface area contributed by atoms with Gasteiger partial charge in [-0.05, 0) is 13.8 Å². The van der Waals surface area contributed by atoms with Crippen LogP contribution in [0.5, 0.6) is 0 Å². The van der Waals surface area contributed by atoms with E-state index in [1.807, 2.05) is 25.6 Å². The molecule has 1 rings (SSSR count). The molecular weight excluding hydrogens is 186 g/mol. The maximum atomic E-state index is 5.93. The van der Waals surface area contributed by atoms with E-state index < -0.39 is 0 Å². The summed E-state index contributed by atoms with van der Waals surface area (Å²) in [6.45, 7) is 5.46. The normalized spacial score (nSPS) is 26.3. The van der Waals surface area contributed by atoms with E-state index >= 15 is 0 Å². The lowest BCUT2D eigenvalue weighted by Gasteiger charge is -2.27. The monoisotopic (exact) mass is 205 g/mol. The highest BCUT2D eigenvalue weighted by atomic mass is 32.2. The van der Waals surface area contributed by atoms with Gasteiger partial charge < -0.3 is 15.2 Å². The summed E-state index contributed by atoms with van der Waals surface area (Å²) in [7, 11) is 0. The van der Waals surface area contributed by atoms with Crippen molar-refractivity contribution in [3.8, 4) is 0 Å². The Hall–Kier alpha value is 0.230. The molecule has 2 N–H and O–H groups in total. The van der Waals surface area contributed by atoms with Gasteiger partial charge in [0, 0.05) is 11.5 Å². The van der Waals surface area contributed by atoms with E-state index in [0.717, 1.165) is 18.1 Å². The summed E-state index contributed by atoms with van der Waals surface area (Å²) in [5.74, 6) is 2.09. The molecule has 1 aliphatic heterocycles. The van der Waals surface area contributed by atoms with E-state index in [1.54, 1.807) is 0 Å². The second-order valence-electron chi connectivity index (χ2n) is 3.53. The van der Waals surface area contributed by atoms with Gasteiger partial charge in [-0.25, -0.2) is 0 Å². The van der Waals surface area contributed by atoms with E-state index in [9.17, 15) is 0 Å². The predicted molar refractivity (Wildman–Crippen MR) is 56.1 cm³/mol. The molecule has 0 aliphatic carbocycles. The van der Waals surface area contributed by atoms with Gasteiger partial charge in [-0.3, -0.25) is 0 Å². The topological polar surface area (TPSA) is 44.5 Å². The van der Waals surface area contributed by atoms with Crippen molar-refractivity contribution in [3.05, 3.63) is 0 Å². The van der Waals surface area contributed by atoms with Gasteiger partial charge in [0.25, 0.3) is 0 Å². The van der Waals surface area contributed by atoms with Crippen LogP contribution in [0.15, 0.2) is 0 Å². The fourth-order valence-corrected chi connectivity index (χ4v) is 2.12. The molecule has 1 heterocycles. The number of hydrogen-bond donors (Lipinski definition) is 1. The van der Waals surface area contributed by atoms with E-state index in [2.05, 4.69) is 0 Å². The molecule has 1 fully saturated rings. The maximum Gasteiger partial charge on any atom is 0.0839 e. The first-order valence-corrected chi connectivity index (χ1v) is 5.92. The van der Waals surface area contributed by atoms with Crippen LogP contribution in [-0.4, -0.2) is 43.0 Å². The molecule has 2 unspecified atom stereocenters. The van der Waals surface area contributed by atoms with Crippen LogP contribution in [0.2, 0.25) is 0 Å². The summed E-state index contributed by atoms with van der Waals surface area (Å²) in [5, 5.41) is 0. The molecule has 0 aromatic carbocycles. The van der Waals surface area contributed by atoms with Crippen molar-refractivity contribution in [3.63, 3.8) is 0 Å². The number of nitrogens with two attached hydrogens (primary N) is 1. The zero-order chi connectivity index (χ0) is 9.68. The molecule has 1 saturated heterocycles. The van der Waals surface area contributed by atoms with Crippen LogP contribution >= 0.6 is 11.8 Å². The van der Waals surface area contributed by atoms with Crippen LogP contribution in [0.1, 0.15) is 13.8 Å². The first-order valence-electron chi connectivity index (χ1n) is 4.76. The molecule has 4 heteroatoms. The van der Waals surface area contributed by atoms with Crippen LogP contribution in [-0.2, 0) is 9.47 Å². The standard InChI is InChI=1S/C9H19NO2S/c1-7(2)12-5-8(10)9-6-13-4-3-11-9/h7-9H,3-6,10H2,1-2H3. The smallest absolute Gasteiger partial charge is 0.0839 e. The van der Waals surface area contributed by atoms with Crippen molar-refractivity contribution in [2.75, 3.05) is 24.7 Å². The molecule has 0 radical (unpaired) electrons. The fourth-order valence-electron chi connectivity index (χ4n) is 1.16. The first kappa shape index (κ1) is 11.3. The zero-order valence-electron chi connectivity index (χ0n) is 8.36. The number of hydrogen-bond acceptors (Lipinski definition) is 4. The Morgan fingerprint density at radius 1 is 1.62 bits per heavy atom. The average molecular weight is 205 g/mol. The molecule has 0 saturated carbocycles. The van der Waals surface area contributed by atoms with Crippen molar-refractivity contribution < 1.29 is 9.47 Å². The van der Waals surface area contributed by atoms with Gasteiger partial charge in [0.05, 0.1) is 31.5 Å². The van der Waals surface area contributed by atoms with E-state index in [0.29, 0.717) is 6.61 Å². The summed E-state index contributed by atoms with van der Waals surface area (Å²) in [6, 6.07) is 0.0233. The minimum absolute atomic E-state index is 0.0233. The van der Waals surface area contributed by atoms with Crippen LogP contribution < -0.4 is 5.73 Å². The van der Waals surface area contributed by atoms with E-state index in [-0.39, 0.29) is 18.2 Å². The van der Waals surface area contributed by atoms with Crippen molar-refractivity contribution in [1.82, 2.24) is 0 Å². The highest BCUT2D eigenvalue weighted by Crippen LogP contribution is 2.14. The van der Waals surface area contributed by atoms with Gasteiger partial charge in [0.15, 0.2) is 0 Å². The molecule has 0 bridgehead atoms. The molecule has 0 aromatic rings. The lowest BCUT2D eigenvalue weighted by Crippen LogP contribution is -2.44. The Labute approximate surface area is 84.3 Å². The minimum Gasteiger partial charge on any atom is -0.377 e. The van der Waals surface area contributed by atoms with E-state index in [4.69, 9.17) is 15.2 Å². The van der Waals surface area contributed by atoms with Crippen molar-refractivity contribution >= 4 is 11.8 Å². The number of ether oxygens (including phenoxy) is 2. The van der Waals surface area contributed by atoms with Gasteiger partial charge in [-0.15, -0.1) is 0 Å². The summed E-state index contributed by atoms with van der Waals surface area (Å²) in [6.07, 6.45) is 0.430. The van der Waals surface area contributed by atoms with Crippen molar-refractivity contribution in [2.24, 2.45) is 5.73 Å². The van der Waals surface area contributed by atoms with Crippen LogP contribution in [0.25, 0.3) is 0 Å². The van der Waals surface area contributed by atoms with Gasteiger partial charge in [-0.2, -0.15) is 11.8 Å². The third-order valence-corrected chi connectivity index (χ3v) is 2.96. The number of thioether (sulfide) groups is 1. The predicted octanol–water partition coefficient (Wildman–Crippen LogP) is 0.871. The highest BCUT2D eigenvalue weighted by Gasteiger charge is 2.21. The van der Waals surface area contributed by atoms with Crippen LogP contribution in [0.4, 0.5) is 0 Å². The van der Waals surface area contributed by atoms with E-state index in [1.165, 1.54) is 0 Å². The Kier molecular flexibility index (Phi) is 5.09. The summed E-state index contributed by atoms with van der Waals surface area (Å²) in [4.78, 5) is 0. The molecule has 13 heavy (non-hydrogen) atoms. The Balaban J connectivity index is 2.17. The molecule has 0 spiro atoms. The lowest BCUT2D eigenvalue weighted by molar-refractivity contribution is 0.00527. The minimum atomic E-state index is 0.0233. The molecule has 0 amide bonds. The molecule has 2 atom stereocenters. The Bertz CT molecular complexity index is 138. The third-order valence-electron chi connectivity index (χ3n) is 1.94. The van der Waals surface area contributed by atoms with Crippen LogP contribution in [0, 0.1) is 0 Å². The van der Waals surface area contributed by atoms with Gasteiger partial charge in [-0.1, -0.05) is 0 Å². The zero-order valence-corrected chi connectivity index (χ0v) is 9.18. The summed E-state index contributed by atoms with van der Waals surface area (Å²) in [5.41, 5.74) is 5.93. The van der Waals surface area contributed by atoms with Crippen LogP contribution in [0.3, 0.4) is 0 Å². The van der Waals surface area contributed by atoms with Crippen molar-refractivity contribution in [1.29, 1.82) is 0 Å². The molecule has 1 aliphatic rings. The summed E-state index contributed by atoms with van der Waals surface area (Å²) < 4.78 is 11.0. The second-order valence-corrected chi connectivity index (χ2v) is 4.68. The van der Waals surface area contributed by atoms with Gasteiger partial charge >= 0.3 is 0 Å². The molecule has 0 aromatic heterocycles. The third kappa shape index (κ3) is 4.31. The molecule has 3 nitrogen and oxygen atoms in total. The SMILES string of the molecule is CC(C)OCC(N)C1CSCCO1. The average Bonchev–Trinajstić information content (AvgIpc) is 2.15. The quantitative estimate of drug-likeness (QED) is 0.739. The largest absolute Gasteiger partial charge is 0.377 e. The maximum absolute atomic E-state index is 5.93. The Morgan fingerprint density at radius 3 is 2.92 bits per heavy atom. The molecule has 78 valence electrons. The lowest BCUT2D eigenvalue weighted by atomic mass is 10.2. The highest BCUT2D eigenvalue weighted by molar-refractivity contribution is 7.99. The number of rotatable bonds is 4. The van der Waals surface area contributed by atoms with Gasteiger partial charge in [0.2, 0.25) is 0 Å². The fraction of sp³-hybridized carbons (Fsp3) is 1.00. The van der Waals surface area contributed by atoms with Gasteiger partial charge in [0.1, 0.15) is 0 Å².